The second-order valence-corrected chi connectivity index (χ2v) is 4.64. The van der Waals surface area contributed by atoms with Crippen molar-refractivity contribution in [3.05, 3.63) is 52.6 Å². The third-order valence-electron chi connectivity index (χ3n) is 3.61. The quantitative estimate of drug-likeness (QED) is 0.566. The first-order valence-corrected chi connectivity index (χ1v) is 6.56. The molecule has 2 aromatic rings. The Labute approximate surface area is 122 Å². The van der Waals surface area contributed by atoms with Gasteiger partial charge in [-0.25, -0.2) is 0 Å². The van der Waals surface area contributed by atoms with Gasteiger partial charge in [-0.05, 0) is 22.3 Å². The second-order valence-electron chi connectivity index (χ2n) is 4.64. The van der Waals surface area contributed by atoms with Gasteiger partial charge >= 0.3 is 0 Å². The van der Waals surface area contributed by atoms with E-state index in [1.807, 2.05) is 6.07 Å². The molecule has 0 spiro atoms. The molecule has 0 radical (unpaired) electrons. The molecule has 0 unspecified atom stereocenters. The van der Waals surface area contributed by atoms with Gasteiger partial charge in [-0.3, -0.25) is 0 Å². The molecule has 0 heterocycles. The summed E-state index contributed by atoms with van der Waals surface area (Å²) >= 11 is 0. The third kappa shape index (κ3) is 2.64. The summed E-state index contributed by atoms with van der Waals surface area (Å²) in [7, 11) is 0. The zero-order valence-corrected chi connectivity index (χ0v) is 11.5. The van der Waals surface area contributed by atoms with Crippen molar-refractivity contribution in [2.45, 2.75) is 26.4 Å². The molecule has 0 aliphatic heterocycles. The first-order chi connectivity index (χ1) is 10.2. The highest BCUT2D eigenvalue weighted by Crippen LogP contribution is 2.40. The van der Waals surface area contributed by atoms with Crippen LogP contribution >= 0.6 is 0 Å². The zero-order valence-electron chi connectivity index (χ0n) is 11.5. The van der Waals surface area contributed by atoms with Crippen molar-refractivity contribution in [3.63, 3.8) is 0 Å². The molecule has 112 valence electrons. The Kier molecular flexibility index (Phi) is 4.93. The number of aliphatic hydroxyl groups excluding tert-OH is 4. The number of rotatable bonds is 5. The fourth-order valence-corrected chi connectivity index (χ4v) is 2.59. The lowest BCUT2D eigenvalue weighted by molar-refractivity contribution is 0.236. The summed E-state index contributed by atoms with van der Waals surface area (Å²) in [6, 6.07) is 8.91. The van der Waals surface area contributed by atoms with Crippen LogP contribution in [0.4, 0.5) is 0 Å². The van der Waals surface area contributed by atoms with E-state index in [9.17, 15) is 25.5 Å². The molecule has 0 aliphatic rings. The van der Waals surface area contributed by atoms with E-state index < -0.39 is 26.4 Å². The minimum Gasteiger partial charge on any atom is -0.507 e. The van der Waals surface area contributed by atoms with Crippen molar-refractivity contribution in [2.75, 3.05) is 0 Å². The van der Waals surface area contributed by atoms with Crippen molar-refractivity contribution in [3.8, 4) is 16.9 Å². The summed E-state index contributed by atoms with van der Waals surface area (Å²) in [4.78, 5) is 0. The molecule has 21 heavy (non-hydrogen) atoms. The SMILES string of the molecule is OCc1c(O)c(-c2ccccc2)c(CO)c(CO)c1CO. The highest BCUT2D eigenvalue weighted by molar-refractivity contribution is 5.78. The largest absolute Gasteiger partial charge is 0.507 e. The Balaban J connectivity index is 2.86. The molecule has 5 heteroatoms. The summed E-state index contributed by atoms with van der Waals surface area (Å²) < 4.78 is 0. The van der Waals surface area contributed by atoms with E-state index in [4.69, 9.17) is 0 Å². The van der Waals surface area contributed by atoms with Crippen LogP contribution in [0.25, 0.3) is 11.1 Å². The van der Waals surface area contributed by atoms with E-state index >= 15 is 0 Å². The Bertz CT molecular complexity index is 623. The van der Waals surface area contributed by atoms with Gasteiger partial charge in [0.05, 0.1) is 26.4 Å². The van der Waals surface area contributed by atoms with Crippen LogP contribution in [0.3, 0.4) is 0 Å². The van der Waals surface area contributed by atoms with Gasteiger partial charge in [0.25, 0.3) is 0 Å². The smallest absolute Gasteiger partial charge is 0.129 e. The van der Waals surface area contributed by atoms with Gasteiger partial charge in [0, 0.05) is 11.1 Å². The third-order valence-corrected chi connectivity index (χ3v) is 3.61. The van der Waals surface area contributed by atoms with Crippen molar-refractivity contribution < 1.29 is 25.5 Å². The first kappa shape index (κ1) is 15.5. The number of phenols is 1. The predicted molar refractivity (Wildman–Crippen MR) is 77.2 cm³/mol. The molecule has 2 aromatic carbocycles. The van der Waals surface area contributed by atoms with Crippen LogP contribution in [-0.4, -0.2) is 25.5 Å². The molecule has 0 aliphatic carbocycles. The van der Waals surface area contributed by atoms with Gasteiger partial charge in [-0.2, -0.15) is 0 Å². The van der Waals surface area contributed by atoms with Crippen molar-refractivity contribution in [2.24, 2.45) is 0 Å². The second kappa shape index (κ2) is 6.69. The number of aromatic hydroxyl groups is 1. The average Bonchev–Trinajstić information content (AvgIpc) is 2.54. The maximum atomic E-state index is 10.4. The van der Waals surface area contributed by atoms with Gasteiger partial charge in [0.2, 0.25) is 0 Å². The highest BCUT2D eigenvalue weighted by Gasteiger charge is 2.22. The van der Waals surface area contributed by atoms with Crippen LogP contribution in [-0.2, 0) is 26.4 Å². The molecule has 0 atom stereocenters. The van der Waals surface area contributed by atoms with Crippen molar-refractivity contribution >= 4 is 0 Å². The number of aliphatic hydroxyl groups is 4. The van der Waals surface area contributed by atoms with Crippen LogP contribution in [0.2, 0.25) is 0 Å². The van der Waals surface area contributed by atoms with E-state index in [1.54, 1.807) is 24.3 Å². The van der Waals surface area contributed by atoms with Gasteiger partial charge in [0.1, 0.15) is 5.75 Å². The van der Waals surface area contributed by atoms with Gasteiger partial charge in [0.15, 0.2) is 0 Å². The molecule has 5 N–H and O–H groups in total. The fourth-order valence-electron chi connectivity index (χ4n) is 2.59. The maximum Gasteiger partial charge on any atom is 0.129 e. The van der Waals surface area contributed by atoms with Crippen molar-refractivity contribution in [1.82, 2.24) is 0 Å². The van der Waals surface area contributed by atoms with Crippen LogP contribution in [0.1, 0.15) is 22.3 Å². The van der Waals surface area contributed by atoms with Gasteiger partial charge < -0.3 is 25.5 Å². The minimum atomic E-state index is -0.472. The molecule has 0 bridgehead atoms. The van der Waals surface area contributed by atoms with Gasteiger partial charge in [-0.15, -0.1) is 0 Å². The molecule has 5 nitrogen and oxygen atoms in total. The lowest BCUT2D eigenvalue weighted by Crippen LogP contribution is -2.08. The number of hydrogen-bond donors (Lipinski definition) is 5. The van der Waals surface area contributed by atoms with E-state index in [0.717, 1.165) is 0 Å². The van der Waals surface area contributed by atoms with E-state index in [0.29, 0.717) is 22.3 Å². The van der Waals surface area contributed by atoms with Gasteiger partial charge in [-0.1, -0.05) is 30.3 Å². The summed E-state index contributed by atoms with van der Waals surface area (Å²) in [5.74, 6) is -0.186. The first-order valence-electron chi connectivity index (χ1n) is 6.56. The molecule has 2 rings (SSSR count). The Hall–Kier alpha value is -1.92. The normalized spacial score (nSPS) is 10.9. The molecule has 0 amide bonds. The standard InChI is InChI=1S/C16H18O5/c17-6-11-12(7-18)14(9-20)16(21)15(13(11)8-19)10-4-2-1-3-5-10/h1-5,17-21H,6-9H2. The summed E-state index contributed by atoms with van der Waals surface area (Å²) in [5.41, 5.74) is 2.12. The van der Waals surface area contributed by atoms with E-state index in [1.165, 1.54) is 0 Å². The molecule has 0 aromatic heterocycles. The van der Waals surface area contributed by atoms with E-state index in [-0.39, 0.29) is 16.9 Å². The zero-order chi connectivity index (χ0) is 15.4. The van der Waals surface area contributed by atoms with E-state index in [2.05, 4.69) is 0 Å². The average molecular weight is 290 g/mol. The molecule has 0 saturated carbocycles. The molecular formula is C16H18O5. The van der Waals surface area contributed by atoms with Crippen LogP contribution in [0, 0.1) is 0 Å². The predicted octanol–water partition coefficient (Wildman–Crippen LogP) is 1.03. The summed E-state index contributed by atoms with van der Waals surface area (Å²) in [6.07, 6.45) is 0. The number of hydrogen-bond acceptors (Lipinski definition) is 5. The Morgan fingerprint density at radius 2 is 1.10 bits per heavy atom. The minimum absolute atomic E-state index is 0.164. The highest BCUT2D eigenvalue weighted by atomic mass is 16.3. The fraction of sp³-hybridized carbons (Fsp3) is 0.250. The monoisotopic (exact) mass is 290 g/mol. The lowest BCUT2D eigenvalue weighted by atomic mass is 9.88. The van der Waals surface area contributed by atoms with Crippen LogP contribution in [0.5, 0.6) is 5.75 Å². The van der Waals surface area contributed by atoms with Crippen LogP contribution in [0.15, 0.2) is 30.3 Å². The van der Waals surface area contributed by atoms with Crippen molar-refractivity contribution in [1.29, 1.82) is 0 Å². The summed E-state index contributed by atoms with van der Waals surface area (Å²) in [5, 5.41) is 48.5. The topological polar surface area (TPSA) is 101 Å². The number of benzene rings is 2. The lowest BCUT2D eigenvalue weighted by Gasteiger charge is -2.21. The Morgan fingerprint density at radius 3 is 1.57 bits per heavy atom. The maximum absolute atomic E-state index is 10.4. The Morgan fingerprint density at radius 1 is 0.619 bits per heavy atom. The molecule has 0 fully saturated rings. The summed E-state index contributed by atoms with van der Waals surface area (Å²) in [6.45, 7) is -1.72. The van der Waals surface area contributed by atoms with Crippen LogP contribution < -0.4 is 0 Å². The molecule has 0 saturated heterocycles. The molecular weight excluding hydrogens is 272 g/mol.